The van der Waals surface area contributed by atoms with Crippen LogP contribution in [0.25, 0.3) is 0 Å². The standard InChI is InChI=1S/C14H12F2N2O5S/c1-9-6-7-10(12(8-9)23-14(15)16)17-24(21,22)13-5-3-2-4-11(13)18(19)20/h2-8,14,17H,1H3. The first-order valence-corrected chi connectivity index (χ1v) is 8.01. The second-order valence-electron chi connectivity index (χ2n) is 4.71. The fraction of sp³-hybridized carbons (Fsp3) is 0.143. The van der Waals surface area contributed by atoms with Crippen molar-refractivity contribution in [3.8, 4) is 5.75 Å². The molecule has 0 radical (unpaired) electrons. The van der Waals surface area contributed by atoms with Gasteiger partial charge in [-0.15, -0.1) is 0 Å². The van der Waals surface area contributed by atoms with Gasteiger partial charge in [-0.1, -0.05) is 18.2 Å². The number of halogens is 2. The van der Waals surface area contributed by atoms with Crippen LogP contribution >= 0.6 is 0 Å². The third kappa shape index (κ3) is 3.96. The number of hydrogen-bond donors (Lipinski definition) is 1. The van der Waals surface area contributed by atoms with Gasteiger partial charge < -0.3 is 4.74 Å². The van der Waals surface area contributed by atoms with Crippen LogP contribution < -0.4 is 9.46 Å². The molecule has 0 heterocycles. The van der Waals surface area contributed by atoms with E-state index in [4.69, 9.17) is 0 Å². The minimum absolute atomic E-state index is 0.251. The van der Waals surface area contributed by atoms with Crippen molar-refractivity contribution < 1.29 is 26.9 Å². The molecule has 24 heavy (non-hydrogen) atoms. The first kappa shape index (κ1) is 17.6. The number of rotatable bonds is 6. The first-order chi connectivity index (χ1) is 11.2. The van der Waals surface area contributed by atoms with Gasteiger partial charge in [0.05, 0.1) is 10.6 Å². The second-order valence-corrected chi connectivity index (χ2v) is 6.36. The minimum atomic E-state index is -4.38. The van der Waals surface area contributed by atoms with E-state index >= 15 is 0 Å². The molecule has 7 nitrogen and oxygen atoms in total. The molecule has 0 amide bonds. The zero-order valence-electron chi connectivity index (χ0n) is 12.3. The molecule has 0 aliphatic rings. The molecular formula is C14H12F2N2O5S. The Morgan fingerprint density at radius 2 is 1.88 bits per heavy atom. The molecule has 0 atom stereocenters. The molecule has 0 bridgehead atoms. The molecule has 0 aliphatic heterocycles. The second kappa shape index (κ2) is 6.79. The fourth-order valence-corrected chi connectivity index (χ4v) is 3.19. The number of nitro benzene ring substituents is 1. The van der Waals surface area contributed by atoms with E-state index in [9.17, 15) is 27.3 Å². The topological polar surface area (TPSA) is 98.5 Å². The molecule has 0 aliphatic carbocycles. The predicted molar refractivity (Wildman–Crippen MR) is 81.7 cm³/mol. The summed E-state index contributed by atoms with van der Waals surface area (Å²) < 4.78 is 56.1. The van der Waals surface area contributed by atoms with E-state index in [0.29, 0.717) is 5.56 Å². The van der Waals surface area contributed by atoms with Gasteiger partial charge in [-0.25, -0.2) is 8.42 Å². The van der Waals surface area contributed by atoms with Gasteiger partial charge in [-0.3, -0.25) is 14.8 Å². The molecule has 0 fully saturated rings. The summed E-state index contributed by atoms with van der Waals surface area (Å²) in [6.07, 6.45) is 0. The molecule has 0 saturated heterocycles. The van der Waals surface area contributed by atoms with Crippen LogP contribution in [0.1, 0.15) is 5.56 Å². The molecule has 0 unspecified atom stereocenters. The molecule has 128 valence electrons. The summed E-state index contributed by atoms with van der Waals surface area (Å²) >= 11 is 0. The lowest BCUT2D eigenvalue weighted by molar-refractivity contribution is -0.387. The number of benzene rings is 2. The lowest BCUT2D eigenvalue weighted by Crippen LogP contribution is -2.16. The Morgan fingerprint density at radius 3 is 2.50 bits per heavy atom. The van der Waals surface area contributed by atoms with E-state index in [2.05, 4.69) is 4.74 Å². The monoisotopic (exact) mass is 358 g/mol. The van der Waals surface area contributed by atoms with E-state index in [1.807, 2.05) is 4.72 Å². The van der Waals surface area contributed by atoms with Gasteiger partial charge in [0.25, 0.3) is 15.7 Å². The van der Waals surface area contributed by atoms with Crippen molar-refractivity contribution in [3.63, 3.8) is 0 Å². The van der Waals surface area contributed by atoms with E-state index in [1.54, 1.807) is 6.92 Å². The summed E-state index contributed by atoms with van der Waals surface area (Å²) in [6, 6.07) is 8.64. The lowest BCUT2D eigenvalue weighted by Gasteiger charge is -2.14. The average molecular weight is 358 g/mol. The number of sulfonamides is 1. The van der Waals surface area contributed by atoms with E-state index < -0.39 is 32.1 Å². The van der Waals surface area contributed by atoms with E-state index in [-0.39, 0.29) is 11.4 Å². The quantitative estimate of drug-likeness (QED) is 0.631. The Labute approximate surface area is 136 Å². The molecule has 2 aromatic carbocycles. The number of alkyl halides is 2. The Morgan fingerprint density at radius 1 is 1.21 bits per heavy atom. The van der Waals surface area contributed by atoms with Crippen molar-refractivity contribution >= 4 is 21.4 Å². The van der Waals surface area contributed by atoms with Crippen LogP contribution in [0.4, 0.5) is 20.2 Å². The average Bonchev–Trinajstić information content (AvgIpc) is 2.49. The van der Waals surface area contributed by atoms with Crippen LogP contribution in [0, 0.1) is 17.0 Å². The molecule has 0 spiro atoms. The number of hydrogen-bond acceptors (Lipinski definition) is 5. The van der Waals surface area contributed by atoms with Crippen LogP contribution in [0.3, 0.4) is 0 Å². The number of para-hydroxylation sites is 1. The minimum Gasteiger partial charge on any atom is -0.433 e. The van der Waals surface area contributed by atoms with Gasteiger partial charge in [-0.05, 0) is 30.7 Å². The summed E-state index contributed by atoms with van der Waals surface area (Å²) in [5.41, 5.74) is -0.313. The Bertz CT molecular complexity index is 871. The number of anilines is 1. The summed E-state index contributed by atoms with van der Waals surface area (Å²) in [5, 5.41) is 11.0. The maximum atomic E-state index is 12.5. The van der Waals surface area contributed by atoms with Crippen molar-refractivity contribution in [3.05, 3.63) is 58.1 Å². The summed E-state index contributed by atoms with van der Waals surface area (Å²) in [4.78, 5) is 9.54. The van der Waals surface area contributed by atoms with Crippen molar-refractivity contribution in [2.45, 2.75) is 18.4 Å². The van der Waals surface area contributed by atoms with E-state index in [0.717, 1.165) is 12.1 Å². The predicted octanol–water partition coefficient (Wildman–Crippen LogP) is 3.31. The summed E-state index contributed by atoms with van der Waals surface area (Å²) in [5.74, 6) is -0.382. The number of aryl methyl sites for hydroxylation is 1. The van der Waals surface area contributed by atoms with Gasteiger partial charge >= 0.3 is 6.61 Å². The van der Waals surface area contributed by atoms with Crippen LogP contribution in [0.2, 0.25) is 0 Å². The van der Waals surface area contributed by atoms with Gasteiger partial charge in [-0.2, -0.15) is 8.78 Å². The first-order valence-electron chi connectivity index (χ1n) is 6.52. The van der Waals surface area contributed by atoms with Crippen molar-refractivity contribution in [2.24, 2.45) is 0 Å². The highest BCUT2D eigenvalue weighted by molar-refractivity contribution is 7.92. The van der Waals surface area contributed by atoms with Crippen LogP contribution in [-0.4, -0.2) is 20.0 Å². The number of nitrogens with one attached hydrogen (secondary N) is 1. The van der Waals surface area contributed by atoms with Crippen LogP contribution in [0.5, 0.6) is 5.75 Å². The Balaban J connectivity index is 2.46. The van der Waals surface area contributed by atoms with Crippen molar-refractivity contribution in [1.82, 2.24) is 0 Å². The molecule has 0 aromatic heterocycles. The van der Waals surface area contributed by atoms with Crippen LogP contribution in [-0.2, 0) is 10.0 Å². The summed E-state index contributed by atoms with van der Waals surface area (Å²) in [7, 11) is -4.38. The molecule has 1 N–H and O–H groups in total. The maximum absolute atomic E-state index is 12.5. The normalized spacial score (nSPS) is 11.3. The number of nitrogens with zero attached hydrogens (tertiary/aromatic N) is 1. The largest absolute Gasteiger partial charge is 0.433 e. The zero-order valence-corrected chi connectivity index (χ0v) is 13.1. The fourth-order valence-electron chi connectivity index (χ4n) is 1.94. The molecule has 0 saturated carbocycles. The molecule has 10 heteroatoms. The highest BCUT2D eigenvalue weighted by Crippen LogP contribution is 2.31. The Kier molecular flexibility index (Phi) is 4.98. The molecule has 2 rings (SSSR count). The third-order valence-electron chi connectivity index (χ3n) is 2.95. The summed E-state index contributed by atoms with van der Waals surface area (Å²) in [6.45, 7) is -1.54. The molecule has 2 aromatic rings. The highest BCUT2D eigenvalue weighted by atomic mass is 32.2. The molecular weight excluding hydrogens is 346 g/mol. The number of nitro groups is 1. The van der Waals surface area contributed by atoms with Gasteiger partial charge in [0.2, 0.25) is 0 Å². The van der Waals surface area contributed by atoms with Gasteiger partial charge in [0, 0.05) is 6.07 Å². The van der Waals surface area contributed by atoms with Gasteiger partial charge in [0.1, 0.15) is 5.75 Å². The Hall–Kier alpha value is -2.75. The van der Waals surface area contributed by atoms with Crippen molar-refractivity contribution in [1.29, 1.82) is 0 Å². The van der Waals surface area contributed by atoms with Crippen LogP contribution in [0.15, 0.2) is 47.4 Å². The lowest BCUT2D eigenvalue weighted by atomic mass is 10.2. The maximum Gasteiger partial charge on any atom is 0.387 e. The number of ether oxygens (including phenoxy) is 1. The van der Waals surface area contributed by atoms with Gasteiger partial charge in [0.15, 0.2) is 4.90 Å². The highest BCUT2D eigenvalue weighted by Gasteiger charge is 2.26. The SMILES string of the molecule is Cc1ccc(NS(=O)(=O)c2ccccc2[N+](=O)[O-])c(OC(F)F)c1. The zero-order chi connectivity index (χ0) is 17.9. The van der Waals surface area contributed by atoms with Crippen molar-refractivity contribution in [2.75, 3.05) is 4.72 Å². The van der Waals surface area contributed by atoms with E-state index in [1.165, 1.54) is 30.3 Å². The smallest absolute Gasteiger partial charge is 0.387 e. The third-order valence-corrected chi connectivity index (χ3v) is 4.36.